The van der Waals surface area contributed by atoms with Gasteiger partial charge in [-0.15, -0.1) is 0 Å². The van der Waals surface area contributed by atoms with Crippen molar-refractivity contribution in [1.82, 2.24) is 0 Å². The average molecular weight is 370 g/mol. The number of halogens is 3. The largest absolute Gasteiger partial charge is 0.299 e. The SMILES string of the molecule is CC(=O)C1C(=O)C(=O)N(c2c(F)cc(Cl)cc2F)C1C1CCCCC1. The Labute approximate surface area is 149 Å². The number of carbonyl (C=O) groups is 3. The topological polar surface area (TPSA) is 54.5 Å². The molecule has 2 atom stereocenters. The lowest BCUT2D eigenvalue weighted by atomic mass is 9.77. The van der Waals surface area contributed by atoms with Crippen molar-refractivity contribution in [3.63, 3.8) is 0 Å². The second-order valence-corrected chi connectivity index (χ2v) is 7.17. The predicted octanol–water partition coefficient (Wildman–Crippen LogP) is 3.69. The van der Waals surface area contributed by atoms with Crippen molar-refractivity contribution in [3.8, 4) is 0 Å². The van der Waals surface area contributed by atoms with Crippen molar-refractivity contribution in [2.45, 2.75) is 45.1 Å². The fourth-order valence-electron chi connectivity index (χ4n) is 4.09. The summed E-state index contributed by atoms with van der Waals surface area (Å²) in [5, 5.41) is -0.144. The number of rotatable bonds is 3. The van der Waals surface area contributed by atoms with E-state index < -0.39 is 46.8 Å². The van der Waals surface area contributed by atoms with Crippen LogP contribution in [0.3, 0.4) is 0 Å². The molecular weight excluding hydrogens is 352 g/mol. The number of ketones is 2. The van der Waals surface area contributed by atoms with Gasteiger partial charge in [0.2, 0.25) is 5.78 Å². The first-order chi connectivity index (χ1) is 11.8. The second kappa shape index (κ2) is 6.83. The maximum absolute atomic E-state index is 14.4. The third-order valence-corrected chi connectivity index (χ3v) is 5.36. The second-order valence-electron chi connectivity index (χ2n) is 6.73. The Morgan fingerprint density at radius 2 is 1.68 bits per heavy atom. The maximum atomic E-state index is 14.4. The van der Waals surface area contributed by atoms with Crippen molar-refractivity contribution in [2.75, 3.05) is 4.90 Å². The molecule has 1 aliphatic heterocycles. The van der Waals surface area contributed by atoms with Crippen molar-refractivity contribution in [1.29, 1.82) is 0 Å². The molecule has 25 heavy (non-hydrogen) atoms. The Morgan fingerprint density at radius 1 is 1.12 bits per heavy atom. The summed E-state index contributed by atoms with van der Waals surface area (Å²) in [7, 11) is 0. The van der Waals surface area contributed by atoms with Crippen LogP contribution in [0, 0.1) is 23.5 Å². The molecule has 134 valence electrons. The van der Waals surface area contributed by atoms with Gasteiger partial charge in [-0.25, -0.2) is 8.78 Å². The van der Waals surface area contributed by atoms with Gasteiger partial charge in [0.1, 0.15) is 17.4 Å². The quantitative estimate of drug-likeness (QED) is 0.603. The van der Waals surface area contributed by atoms with Crippen LogP contribution >= 0.6 is 11.6 Å². The van der Waals surface area contributed by atoms with Gasteiger partial charge in [0.05, 0.1) is 6.04 Å². The molecule has 1 aromatic rings. The normalized spacial score (nSPS) is 24.9. The van der Waals surface area contributed by atoms with Gasteiger partial charge in [0.25, 0.3) is 5.91 Å². The highest BCUT2D eigenvalue weighted by Gasteiger charge is 2.54. The standard InChI is InChI=1S/C18H18ClF2NO3/c1-9(23)14-15(10-5-3-2-4-6-10)22(18(25)17(14)24)16-12(20)7-11(19)8-13(16)21/h7-8,10,14-15H,2-6H2,1H3. The lowest BCUT2D eigenvalue weighted by Gasteiger charge is -2.35. The zero-order valence-electron chi connectivity index (χ0n) is 13.7. The Morgan fingerprint density at radius 3 is 2.20 bits per heavy atom. The molecule has 1 aromatic carbocycles. The minimum Gasteiger partial charge on any atom is -0.299 e. The summed E-state index contributed by atoms with van der Waals surface area (Å²) < 4.78 is 28.8. The van der Waals surface area contributed by atoms with Crippen LogP contribution in [0.15, 0.2) is 12.1 Å². The van der Waals surface area contributed by atoms with E-state index in [1.165, 1.54) is 6.92 Å². The Kier molecular flexibility index (Phi) is 4.91. The summed E-state index contributed by atoms with van der Waals surface area (Å²) in [6, 6.07) is 0.955. The molecule has 3 rings (SSSR count). The van der Waals surface area contributed by atoms with Gasteiger partial charge in [-0.1, -0.05) is 30.9 Å². The van der Waals surface area contributed by atoms with Crippen LogP contribution < -0.4 is 4.90 Å². The molecule has 0 N–H and O–H groups in total. The Bertz CT molecular complexity index is 723. The van der Waals surface area contributed by atoms with E-state index in [0.717, 1.165) is 36.3 Å². The highest BCUT2D eigenvalue weighted by molar-refractivity contribution is 6.48. The van der Waals surface area contributed by atoms with Crippen LogP contribution in [0.1, 0.15) is 39.0 Å². The van der Waals surface area contributed by atoms with Crippen LogP contribution in [0.4, 0.5) is 14.5 Å². The van der Waals surface area contributed by atoms with Crippen LogP contribution in [-0.2, 0) is 14.4 Å². The molecule has 0 radical (unpaired) electrons. The van der Waals surface area contributed by atoms with Crippen LogP contribution in [0.2, 0.25) is 5.02 Å². The minimum atomic E-state index is -1.18. The molecule has 2 fully saturated rings. The summed E-state index contributed by atoms with van der Waals surface area (Å²) in [6.45, 7) is 1.24. The highest BCUT2D eigenvalue weighted by Crippen LogP contribution is 2.41. The third-order valence-electron chi connectivity index (χ3n) is 5.15. The molecule has 1 amide bonds. The number of benzene rings is 1. The van der Waals surface area contributed by atoms with E-state index in [9.17, 15) is 23.2 Å². The molecule has 1 saturated carbocycles. The lowest BCUT2D eigenvalue weighted by molar-refractivity contribution is -0.138. The number of Topliss-reactive ketones (excluding diaryl/α,β-unsaturated/α-hetero) is 2. The number of hydrogen-bond donors (Lipinski definition) is 0. The van der Waals surface area contributed by atoms with E-state index in [-0.39, 0.29) is 10.9 Å². The Balaban J connectivity index is 2.13. The monoisotopic (exact) mass is 369 g/mol. The number of hydrogen-bond acceptors (Lipinski definition) is 3. The Hall–Kier alpha value is -1.82. The van der Waals surface area contributed by atoms with E-state index >= 15 is 0 Å². The highest BCUT2D eigenvalue weighted by atomic mass is 35.5. The lowest BCUT2D eigenvalue weighted by Crippen LogP contribution is -2.44. The fraction of sp³-hybridized carbons (Fsp3) is 0.500. The zero-order valence-corrected chi connectivity index (χ0v) is 14.5. The first kappa shape index (κ1) is 18.0. The minimum absolute atomic E-state index is 0.144. The molecule has 0 spiro atoms. The molecule has 1 aliphatic carbocycles. The van der Waals surface area contributed by atoms with Crippen LogP contribution in [0.5, 0.6) is 0 Å². The third kappa shape index (κ3) is 3.08. The molecule has 4 nitrogen and oxygen atoms in total. The van der Waals surface area contributed by atoms with E-state index in [1.54, 1.807) is 0 Å². The van der Waals surface area contributed by atoms with Gasteiger partial charge in [-0.2, -0.15) is 0 Å². The first-order valence-electron chi connectivity index (χ1n) is 8.35. The van der Waals surface area contributed by atoms with Crippen molar-refractivity contribution >= 4 is 34.8 Å². The van der Waals surface area contributed by atoms with E-state index in [1.807, 2.05) is 0 Å². The summed E-state index contributed by atoms with van der Waals surface area (Å²) in [5.41, 5.74) is -0.595. The number of carbonyl (C=O) groups excluding carboxylic acids is 3. The molecule has 1 heterocycles. The number of nitrogens with zero attached hydrogens (tertiary/aromatic N) is 1. The van der Waals surface area contributed by atoms with Gasteiger partial charge >= 0.3 is 0 Å². The summed E-state index contributed by atoms with van der Waals surface area (Å²) >= 11 is 5.65. The smallest absolute Gasteiger partial charge is 0.295 e. The first-order valence-corrected chi connectivity index (χ1v) is 8.73. The van der Waals surface area contributed by atoms with E-state index in [4.69, 9.17) is 11.6 Å². The summed E-state index contributed by atoms with van der Waals surface area (Å²) in [5.74, 6) is -5.73. The van der Waals surface area contributed by atoms with Crippen molar-refractivity contribution in [3.05, 3.63) is 28.8 Å². The predicted molar refractivity (Wildman–Crippen MR) is 88.4 cm³/mol. The number of amides is 1. The number of anilines is 1. The van der Waals surface area contributed by atoms with Crippen LogP contribution in [-0.4, -0.2) is 23.5 Å². The molecule has 2 unspecified atom stereocenters. The molecular formula is C18H18ClF2NO3. The van der Waals surface area contributed by atoms with E-state index in [0.29, 0.717) is 12.8 Å². The van der Waals surface area contributed by atoms with Crippen molar-refractivity contribution < 1.29 is 23.2 Å². The molecule has 2 aliphatic rings. The van der Waals surface area contributed by atoms with Gasteiger partial charge in [-0.3, -0.25) is 19.3 Å². The fourth-order valence-corrected chi connectivity index (χ4v) is 4.28. The summed E-state index contributed by atoms with van der Waals surface area (Å²) in [4.78, 5) is 37.8. The molecule has 0 bridgehead atoms. The maximum Gasteiger partial charge on any atom is 0.295 e. The van der Waals surface area contributed by atoms with E-state index in [2.05, 4.69) is 0 Å². The van der Waals surface area contributed by atoms with Gasteiger partial charge in [-0.05, 0) is 37.8 Å². The van der Waals surface area contributed by atoms with Crippen molar-refractivity contribution in [2.24, 2.45) is 11.8 Å². The summed E-state index contributed by atoms with van der Waals surface area (Å²) in [6.07, 6.45) is 4.24. The zero-order chi connectivity index (χ0) is 18.3. The average Bonchev–Trinajstić information content (AvgIpc) is 2.80. The van der Waals surface area contributed by atoms with Gasteiger partial charge in [0.15, 0.2) is 11.6 Å². The molecule has 0 aromatic heterocycles. The molecule has 7 heteroatoms. The van der Waals surface area contributed by atoms with Gasteiger partial charge < -0.3 is 0 Å². The molecule has 1 saturated heterocycles. The van der Waals surface area contributed by atoms with Crippen LogP contribution in [0.25, 0.3) is 0 Å². The van der Waals surface area contributed by atoms with Gasteiger partial charge in [0, 0.05) is 5.02 Å².